The number of pyridine rings is 1. The number of hydrogen-bond donors (Lipinski definition) is 2. The van der Waals surface area contributed by atoms with Gasteiger partial charge in [0.15, 0.2) is 10.9 Å². The molecule has 0 amide bonds. The third-order valence-electron chi connectivity index (χ3n) is 4.88. The fourth-order valence-electron chi connectivity index (χ4n) is 3.36. The van der Waals surface area contributed by atoms with Gasteiger partial charge in [-0.2, -0.15) is 5.10 Å². The first-order chi connectivity index (χ1) is 14.0. The van der Waals surface area contributed by atoms with Crippen LogP contribution in [0.5, 0.6) is 0 Å². The molecule has 0 unspecified atom stereocenters. The van der Waals surface area contributed by atoms with Crippen LogP contribution in [0.25, 0.3) is 11.4 Å². The van der Waals surface area contributed by atoms with Crippen molar-refractivity contribution < 1.29 is 0 Å². The zero-order valence-corrected chi connectivity index (χ0v) is 18.7. The number of benzene rings is 1. The molecular formula is C20H22BrN7S. The fourth-order valence-corrected chi connectivity index (χ4v) is 4.11. The number of aromatic nitrogens is 4. The van der Waals surface area contributed by atoms with Crippen LogP contribution >= 0.6 is 28.1 Å². The van der Waals surface area contributed by atoms with Crippen LogP contribution in [0.1, 0.15) is 11.4 Å². The molecule has 0 spiro atoms. The van der Waals surface area contributed by atoms with E-state index in [1.54, 1.807) is 0 Å². The quantitative estimate of drug-likeness (QED) is 0.563. The lowest BCUT2D eigenvalue weighted by molar-refractivity contribution is 0.389. The molecule has 1 fully saturated rings. The maximum Gasteiger partial charge on any atom is 0.181 e. The molecule has 29 heavy (non-hydrogen) atoms. The predicted molar refractivity (Wildman–Crippen MR) is 123 cm³/mol. The van der Waals surface area contributed by atoms with E-state index in [2.05, 4.69) is 64.2 Å². The number of rotatable bonds is 3. The van der Waals surface area contributed by atoms with E-state index >= 15 is 0 Å². The molecule has 2 N–H and O–H groups in total. The Bertz CT molecular complexity index is 1010. The molecule has 0 bridgehead atoms. The molecule has 1 aliphatic heterocycles. The summed E-state index contributed by atoms with van der Waals surface area (Å²) in [5.41, 5.74) is 3.10. The van der Waals surface area contributed by atoms with E-state index in [1.807, 2.05) is 37.4 Å². The van der Waals surface area contributed by atoms with Crippen LogP contribution in [-0.4, -0.2) is 56.4 Å². The summed E-state index contributed by atoms with van der Waals surface area (Å²) in [6.07, 6.45) is 1.85. The number of piperazine rings is 1. The summed E-state index contributed by atoms with van der Waals surface area (Å²) >= 11 is 9.10. The van der Waals surface area contributed by atoms with E-state index in [4.69, 9.17) is 12.2 Å². The Morgan fingerprint density at radius 1 is 1.14 bits per heavy atom. The van der Waals surface area contributed by atoms with Crippen LogP contribution in [-0.2, 0) is 0 Å². The van der Waals surface area contributed by atoms with Gasteiger partial charge < -0.3 is 15.1 Å². The Morgan fingerprint density at radius 2 is 1.86 bits per heavy atom. The largest absolute Gasteiger partial charge is 0.353 e. The number of thiocarbonyl (C=S) groups is 1. The number of hydrogen-bond acceptors (Lipinski definition) is 5. The number of nitrogens with one attached hydrogen (secondary N) is 2. The Balaban J connectivity index is 1.34. The van der Waals surface area contributed by atoms with Crippen molar-refractivity contribution in [2.45, 2.75) is 13.8 Å². The van der Waals surface area contributed by atoms with Gasteiger partial charge in [0, 0.05) is 48.1 Å². The van der Waals surface area contributed by atoms with Crippen LogP contribution in [0, 0.1) is 13.8 Å². The molecule has 0 radical (unpaired) electrons. The van der Waals surface area contributed by atoms with E-state index in [9.17, 15) is 0 Å². The average Bonchev–Trinajstić information content (AvgIpc) is 3.15. The van der Waals surface area contributed by atoms with E-state index in [0.717, 1.165) is 58.7 Å². The molecule has 4 rings (SSSR count). The van der Waals surface area contributed by atoms with Gasteiger partial charge in [0.05, 0.1) is 0 Å². The van der Waals surface area contributed by atoms with E-state index in [0.29, 0.717) is 5.82 Å². The molecule has 1 aromatic carbocycles. The maximum absolute atomic E-state index is 5.63. The standard InChI is InChI=1S/C20H22BrN7S/c1-13-11-16(21)12-22-19(13)27-7-9-28(10-8-27)20(29)24-17-5-3-15(4-6-17)18-23-14(2)25-26-18/h3-6,11-12H,7-10H2,1-2H3,(H,24,29)(H,23,25,26). The highest BCUT2D eigenvalue weighted by atomic mass is 79.9. The van der Waals surface area contributed by atoms with Crippen molar-refractivity contribution in [3.05, 3.63) is 52.4 Å². The topological polar surface area (TPSA) is 73.0 Å². The lowest BCUT2D eigenvalue weighted by Gasteiger charge is -2.37. The Morgan fingerprint density at radius 3 is 2.48 bits per heavy atom. The summed E-state index contributed by atoms with van der Waals surface area (Å²) in [6, 6.07) is 10.1. The molecule has 3 heterocycles. The number of aromatic amines is 1. The van der Waals surface area contributed by atoms with Crippen molar-refractivity contribution in [1.82, 2.24) is 25.1 Å². The highest BCUT2D eigenvalue weighted by Gasteiger charge is 2.21. The molecule has 150 valence electrons. The van der Waals surface area contributed by atoms with Crippen molar-refractivity contribution >= 4 is 44.8 Å². The molecule has 0 aliphatic carbocycles. The lowest BCUT2D eigenvalue weighted by atomic mass is 10.2. The van der Waals surface area contributed by atoms with Gasteiger partial charge in [-0.3, -0.25) is 5.10 Å². The summed E-state index contributed by atoms with van der Waals surface area (Å²) in [4.78, 5) is 13.4. The normalized spacial score (nSPS) is 14.2. The van der Waals surface area contributed by atoms with Crippen molar-refractivity contribution in [3.63, 3.8) is 0 Å². The summed E-state index contributed by atoms with van der Waals surface area (Å²) in [5.74, 6) is 2.55. The van der Waals surface area contributed by atoms with Crippen molar-refractivity contribution in [1.29, 1.82) is 0 Å². The van der Waals surface area contributed by atoms with Gasteiger partial charge in [-0.25, -0.2) is 9.97 Å². The summed E-state index contributed by atoms with van der Waals surface area (Å²) in [5, 5.41) is 11.1. The molecular weight excluding hydrogens is 450 g/mol. The van der Waals surface area contributed by atoms with Gasteiger partial charge >= 0.3 is 0 Å². The smallest absolute Gasteiger partial charge is 0.181 e. The number of anilines is 2. The molecule has 3 aromatic rings. The summed E-state index contributed by atoms with van der Waals surface area (Å²) < 4.78 is 1.01. The molecule has 1 aliphatic rings. The Labute approximate surface area is 183 Å². The number of halogens is 1. The monoisotopic (exact) mass is 471 g/mol. The SMILES string of the molecule is Cc1nc(-c2ccc(NC(=S)N3CCN(c4ncc(Br)cc4C)CC3)cc2)n[nH]1. The Hall–Kier alpha value is -2.52. The minimum absolute atomic E-state index is 0.699. The van der Waals surface area contributed by atoms with Gasteiger partial charge in [-0.1, -0.05) is 0 Å². The van der Waals surface area contributed by atoms with Gasteiger partial charge in [0.25, 0.3) is 0 Å². The number of aryl methyl sites for hydroxylation is 2. The van der Waals surface area contributed by atoms with Crippen LogP contribution in [0.2, 0.25) is 0 Å². The van der Waals surface area contributed by atoms with Crippen molar-refractivity contribution in [2.75, 3.05) is 36.4 Å². The fraction of sp³-hybridized carbons (Fsp3) is 0.300. The summed E-state index contributed by atoms with van der Waals surface area (Å²) in [7, 11) is 0. The highest BCUT2D eigenvalue weighted by molar-refractivity contribution is 9.10. The molecule has 0 saturated carbocycles. The minimum Gasteiger partial charge on any atom is -0.353 e. The van der Waals surface area contributed by atoms with Crippen LogP contribution in [0.4, 0.5) is 11.5 Å². The molecule has 2 aromatic heterocycles. The summed E-state index contributed by atoms with van der Waals surface area (Å²) in [6.45, 7) is 7.48. The second-order valence-electron chi connectivity index (χ2n) is 7.02. The minimum atomic E-state index is 0.699. The van der Waals surface area contributed by atoms with Gasteiger partial charge in [-0.15, -0.1) is 0 Å². The Kier molecular flexibility index (Phi) is 5.77. The molecule has 1 saturated heterocycles. The third-order valence-corrected chi connectivity index (χ3v) is 5.67. The van der Waals surface area contributed by atoms with Gasteiger partial charge in [0.2, 0.25) is 0 Å². The van der Waals surface area contributed by atoms with Crippen molar-refractivity contribution in [3.8, 4) is 11.4 Å². The van der Waals surface area contributed by atoms with Gasteiger partial charge in [-0.05, 0) is 77.9 Å². The second kappa shape index (κ2) is 8.46. The average molecular weight is 472 g/mol. The van der Waals surface area contributed by atoms with E-state index < -0.39 is 0 Å². The zero-order chi connectivity index (χ0) is 20.4. The van der Waals surface area contributed by atoms with E-state index in [1.165, 1.54) is 5.56 Å². The maximum atomic E-state index is 5.63. The second-order valence-corrected chi connectivity index (χ2v) is 8.32. The first-order valence-electron chi connectivity index (χ1n) is 9.42. The molecule has 0 atom stereocenters. The number of nitrogens with zero attached hydrogens (tertiary/aromatic N) is 5. The van der Waals surface area contributed by atoms with Crippen LogP contribution in [0.15, 0.2) is 41.0 Å². The first-order valence-corrected chi connectivity index (χ1v) is 10.6. The predicted octanol–water partition coefficient (Wildman–Crippen LogP) is 3.77. The van der Waals surface area contributed by atoms with Crippen LogP contribution in [0.3, 0.4) is 0 Å². The van der Waals surface area contributed by atoms with Gasteiger partial charge in [0.1, 0.15) is 11.6 Å². The number of H-pyrrole nitrogens is 1. The van der Waals surface area contributed by atoms with Crippen LogP contribution < -0.4 is 10.2 Å². The highest BCUT2D eigenvalue weighted by Crippen LogP contribution is 2.22. The van der Waals surface area contributed by atoms with E-state index in [-0.39, 0.29) is 0 Å². The lowest BCUT2D eigenvalue weighted by Crippen LogP contribution is -2.50. The zero-order valence-electron chi connectivity index (χ0n) is 16.3. The van der Waals surface area contributed by atoms with Crippen molar-refractivity contribution in [2.24, 2.45) is 0 Å². The third kappa shape index (κ3) is 4.56. The molecule has 9 heteroatoms. The first kappa shape index (κ1) is 19.8. The molecule has 7 nitrogen and oxygen atoms in total.